The van der Waals surface area contributed by atoms with Crippen molar-refractivity contribution in [2.45, 2.75) is 42.9 Å². The molecule has 22 heavy (non-hydrogen) atoms. The van der Waals surface area contributed by atoms with Crippen molar-refractivity contribution >= 4 is 21.8 Å². The van der Waals surface area contributed by atoms with E-state index in [1.807, 2.05) is 4.90 Å². The summed E-state index contributed by atoms with van der Waals surface area (Å²) in [5, 5.41) is 7.08. The summed E-state index contributed by atoms with van der Waals surface area (Å²) in [6, 6.07) is 0.677. The van der Waals surface area contributed by atoms with Crippen LogP contribution < -0.4 is 10.5 Å². The normalized spacial score (nSPS) is 25.1. The maximum Gasteiger partial charge on any atom is 0.271 e. The number of primary sulfonamides is 1. The van der Waals surface area contributed by atoms with Gasteiger partial charge >= 0.3 is 0 Å². The molecule has 0 radical (unpaired) electrons. The molecule has 2 atom stereocenters. The smallest absolute Gasteiger partial charge is 0.271 e. The van der Waals surface area contributed by atoms with E-state index in [1.165, 1.54) is 0 Å². The monoisotopic (exact) mass is 327 g/mol. The van der Waals surface area contributed by atoms with Crippen molar-refractivity contribution in [2.24, 2.45) is 5.14 Å². The minimum atomic E-state index is -3.99. The van der Waals surface area contributed by atoms with Gasteiger partial charge in [-0.2, -0.15) is 0 Å². The quantitative estimate of drug-likeness (QED) is 0.796. The average Bonchev–Trinajstić information content (AvgIpc) is 3.05. The number of sulfonamides is 1. The second-order valence-electron chi connectivity index (χ2n) is 5.64. The maximum atomic E-state index is 12.2. The molecule has 120 valence electrons. The van der Waals surface area contributed by atoms with E-state index in [0.717, 1.165) is 38.1 Å². The standard InChI is InChI=1S/C13H17N3O5S/c14-22(19,20)11-5-8(7-21-11)12(17)15-10-6-9-3-1-2-4-16(9)13(10)18/h5,7,9-10H,1-4,6H2,(H,15,17)(H2,14,19,20). The van der Waals surface area contributed by atoms with E-state index < -0.39 is 27.1 Å². The van der Waals surface area contributed by atoms with Gasteiger partial charge in [0.15, 0.2) is 0 Å². The molecule has 2 unspecified atom stereocenters. The number of rotatable bonds is 3. The van der Waals surface area contributed by atoms with Crippen LogP contribution in [0.3, 0.4) is 0 Å². The minimum Gasteiger partial charge on any atom is -0.451 e. The molecule has 0 aliphatic carbocycles. The number of hydrogen-bond acceptors (Lipinski definition) is 5. The summed E-state index contributed by atoms with van der Waals surface area (Å²) in [6.07, 6.45) is 4.64. The zero-order valence-corrected chi connectivity index (χ0v) is 12.6. The third-order valence-corrected chi connectivity index (χ3v) is 4.91. The number of nitrogens with zero attached hydrogens (tertiary/aromatic N) is 1. The number of furan rings is 1. The first kappa shape index (κ1) is 15.0. The lowest BCUT2D eigenvalue weighted by Gasteiger charge is -2.28. The van der Waals surface area contributed by atoms with Gasteiger partial charge in [-0.1, -0.05) is 0 Å². The lowest BCUT2D eigenvalue weighted by Crippen LogP contribution is -2.43. The van der Waals surface area contributed by atoms with E-state index >= 15 is 0 Å². The molecule has 2 aliphatic heterocycles. The first-order chi connectivity index (χ1) is 10.4. The van der Waals surface area contributed by atoms with Gasteiger partial charge in [-0.15, -0.1) is 0 Å². The highest BCUT2D eigenvalue weighted by atomic mass is 32.2. The number of carbonyl (C=O) groups excluding carboxylic acids is 2. The summed E-state index contributed by atoms with van der Waals surface area (Å²) >= 11 is 0. The molecule has 0 bridgehead atoms. The number of fused-ring (bicyclic) bond motifs is 1. The van der Waals surface area contributed by atoms with Gasteiger partial charge in [-0.05, 0) is 25.7 Å². The molecule has 2 amide bonds. The average molecular weight is 327 g/mol. The Morgan fingerprint density at radius 2 is 2.18 bits per heavy atom. The van der Waals surface area contributed by atoms with Crippen LogP contribution in [0.25, 0.3) is 0 Å². The fourth-order valence-electron chi connectivity index (χ4n) is 3.06. The first-order valence-corrected chi connectivity index (χ1v) is 8.63. The predicted molar refractivity (Wildman–Crippen MR) is 75.3 cm³/mol. The van der Waals surface area contributed by atoms with Crippen LogP contribution in [-0.2, 0) is 14.8 Å². The van der Waals surface area contributed by atoms with E-state index in [2.05, 4.69) is 5.32 Å². The van der Waals surface area contributed by atoms with Crippen molar-refractivity contribution in [3.05, 3.63) is 17.9 Å². The highest BCUT2D eigenvalue weighted by Gasteiger charge is 2.41. The number of hydrogen-bond donors (Lipinski definition) is 2. The predicted octanol–water partition coefficient (Wildman–Crippen LogP) is -0.190. The van der Waals surface area contributed by atoms with Crippen LogP contribution in [0, 0.1) is 0 Å². The molecule has 1 aromatic heterocycles. The van der Waals surface area contributed by atoms with Gasteiger partial charge in [0.2, 0.25) is 11.0 Å². The molecular formula is C13H17N3O5S. The van der Waals surface area contributed by atoms with Crippen LogP contribution in [0.1, 0.15) is 36.0 Å². The summed E-state index contributed by atoms with van der Waals surface area (Å²) in [5.74, 6) is -0.620. The van der Waals surface area contributed by atoms with Crippen molar-refractivity contribution < 1.29 is 22.4 Å². The van der Waals surface area contributed by atoms with Crippen LogP contribution in [-0.4, -0.2) is 43.8 Å². The summed E-state index contributed by atoms with van der Waals surface area (Å²) in [6.45, 7) is 0.733. The van der Waals surface area contributed by atoms with Gasteiger partial charge in [-0.3, -0.25) is 9.59 Å². The molecule has 0 saturated carbocycles. The van der Waals surface area contributed by atoms with Gasteiger partial charge in [0.1, 0.15) is 12.3 Å². The second-order valence-corrected chi connectivity index (χ2v) is 7.13. The number of carbonyl (C=O) groups is 2. The number of amides is 2. The van der Waals surface area contributed by atoms with E-state index in [0.29, 0.717) is 6.42 Å². The summed E-state index contributed by atoms with van der Waals surface area (Å²) in [5.41, 5.74) is 0.0293. The van der Waals surface area contributed by atoms with Crippen molar-refractivity contribution in [2.75, 3.05) is 6.54 Å². The Balaban J connectivity index is 1.69. The Labute approximate surface area is 127 Å². The van der Waals surface area contributed by atoms with Crippen LogP contribution in [0.15, 0.2) is 21.8 Å². The van der Waals surface area contributed by atoms with Crippen LogP contribution in [0.2, 0.25) is 0 Å². The van der Waals surface area contributed by atoms with Crippen molar-refractivity contribution in [3.8, 4) is 0 Å². The number of nitrogens with one attached hydrogen (secondary N) is 1. The van der Waals surface area contributed by atoms with E-state index in [-0.39, 0.29) is 17.5 Å². The highest BCUT2D eigenvalue weighted by molar-refractivity contribution is 7.89. The van der Waals surface area contributed by atoms with E-state index in [1.54, 1.807) is 0 Å². The van der Waals surface area contributed by atoms with Crippen LogP contribution in [0.5, 0.6) is 0 Å². The molecule has 3 heterocycles. The highest BCUT2D eigenvalue weighted by Crippen LogP contribution is 2.28. The van der Waals surface area contributed by atoms with Crippen molar-refractivity contribution in [3.63, 3.8) is 0 Å². The molecular weight excluding hydrogens is 310 g/mol. The van der Waals surface area contributed by atoms with E-state index in [4.69, 9.17) is 9.56 Å². The molecule has 3 rings (SSSR count). The Morgan fingerprint density at radius 3 is 2.82 bits per heavy atom. The molecule has 1 aromatic rings. The molecule has 9 heteroatoms. The van der Waals surface area contributed by atoms with Crippen molar-refractivity contribution in [1.29, 1.82) is 0 Å². The van der Waals surface area contributed by atoms with Crippen LogP contribution in [0.4, 0.5) is 0 Å². The van der Waals surface area contributed by atoms with Gasteiger partial charge in [0, 0.05) is 18.7 Å². The van der Waals surface area contributed by atoms with Gasteiger partial charge in [0.05, 0.1) is 5.56 Å². The van der Waals surface area contributed by atoms with Crippen molar-refractivity contribution in [1.82, 2.24) is 10.2 Å². The fraction of sp³-hybridized carbons (Fsp3) is 0.538. The topological polar surface area (TPSA) is 123 Å². The lowest BCUT2D eigenvalue weighted by molar-refractivity contribution is -0.131. The maximum absolute atomic E-state index is 12.2. The lowest BCUT2D eigenvalue weighted by atomic mass is 10.0. The third kappa shape index (κ3) is 2.73. The van der Waals surface area contributed by atoms with E-state index in [9.17, 15) is 18.0 Å². The minimum absolute atomic E-state index is 0.0293. The van der Waals surface area contributed by atoms with Gasteiger partial charge in [0.25, 0.3) is 15.9 Å². The Bertz CT molecular complexity index is 711. The largest absolute Gasteiger partial charge is 0.451 e. The van der Waals surface area contributed by atoms with Crippen LogP contribution >= 0.6 is 0 Å². The number of piperidine rings is 1. The first-order valence-electron chi connectivity index (χ1n) is 7.09. The SMILES string of the molecule is NS(=O)(=O)c1cc(C(=O)NC2CC3CCCCN3C2=O)co1. The Hall–Kier alpha value is -1.87. The molecule has 0 aromatic carbocycles. The molecule has 2 saturated heterocycles. The number of nitrogens with two attached hydrogens (primary N) is 1. The molecule has 0 spiro atoms. The summed E-state index contributed by atoms with van der Waals surface area (Å²) in [4.78, 5) is 26.2. The summed E-state index contributed by atoms with van der Waals surface area (Å²) in [7, 11) is -3.99. The fourth-order valence-corrected chi connectivity index (χ4v) is 3.53. The zero-order valence-electron chi connectivity index (χ0n) is 11.8. The molecule has 8 nitrogen and oxygen atoms in total. The second kappa shape index (κ2) is 5.40. The Kier molecular flexibility index (Phi) is 3.69. The zero-order chi connectivity index (χ0) is 15.9. The third-order valence-electron chi connectivity index (χ3n) is 4.14. The summed E-state index contributed by atoms with van der Waals surface area (Å²) < 4.78 is 27.0. The van der Waals surface area contributed by atoms with Gasteiger partial charge in [-0.25, -0.2) is 13.6 Å². The molecule has 2 fully saturated rings. The molecule has 3 N–H and O–H groups in total. The van der Waals surface area contributed by atoms with Gasteiger partial charge < -0.3 is 14.6 Å². The Morgan fingerprint density at radius 1 is 1.41 bits per heavy atom. The molecule has 2 aliphatic rings.